The number of benzene rings is 2. The maximum absolute atomic E-state index is 9.05. The van der Waals surface area contributed by atoms with E-state index < -0.39 is 0 Å². The maximum atomic E-state index is 9.05. The third kappa shape index (κ3) is 4.39. The Hall–Kier alpha value is -2.22. The van der Waals surface area contributed by atoms with Gasteiger partial charge < -0.3 is 14.8 Å². The number of nitrogens with zero attached hydrogens (tertiary/aromatic N) is 1. The smallest absolute Gasteiger partial charge is 0.119 e. The van der Waals surface area contributed by atoms with Gasteiger partial charge in [-0.15, -0.1) is 0 Å². The number of hydrogen-bond donors (Lipinski definition) is 1. The first kappa shape index (κ1) is 16.2. The lowest BCUT2D eigenvalue weighted by Crippen LogP contribution is -2.10. The van der Waals surface area contributed by atoms with Crippen LogP contribution in [0, 0.1) is 11.3 Å². The summed E-state index contributed by atoms with van der Waals surface area (Å²) in [5.41, 5.74) is 2.23. The Morgan fingerprint density at radius 1 is 1.23 bits per heavy atom. The molecule has 0 heterocycles. The first-order valence-corrected chi connectivity index (χ1v) is 7.25. The lowest BCUT2D eigenvalue weighted by Gasteiger charge is -2.10. The van der Waals surface area contributed by atoms with Crippen LogP contribution in [-0.4, -0.2) is 20.3 Å². The molecule has 2 rings (SSSR count). The molecule has 0 atom stereocenters. The van der Waals surface area contributed by atoms with E-state index in [4.69, 9.17) is 26.3 Å². The van der Waals surface area contributed by atoms with Crippen molar-refractivity contribution in [1.82, 2.24) is 0 Å². The second-order valence-electron chi connectivity index (χ2n) is 4.61. The molecule has 0 aliphatic heterocycles. The molecule has 0 aliphatic rings. The third-order valence-corrected chi connectivity index (χ3v) is 3.40. The summed E-state index contributed by atoms with van der Waals surface area (Å²) in [5, 5.41) is 12.7. The fraction of sp³-hybridized carbons (Fsp3) is 0.235. The number of nitriles is 1. The zero-order chi connectivity index (χ0) is 15.8. The van der Waals surface area contributed by atoms with E-state index in [2.05, 4.69) is 11.4 Å². The quantitative estimate of drug-likeness (QED) is 0.788. The molecule has 0 saturated heterocycles. The average molecular weight is 317 g/mol. The van der Waals surface area contributed by atoms with Gasteiger partial charge in [0.15, 0.2) is 0 Å². The molecule has 0 fully saturated rings. The number of ether oxygens (including phenoxy) is 2. The summed E-state index contributed by atoms with van der Waals surface area (Å²) >= 11 is 6.08. The predicted octanol–water partition coefficient (Wildman–Crippen LogP) is 3.85. The van der Waals surface area contributed by atoms with Gasteiger partial charge in [-0.3, -0.25) is 0 Å². The first-order chi connectivity index (χ1) is 10.7. The minimum Gasteiger partial charge on any atom is -0.497 e. The van der Waals surface area contributed by atoms with Crippen LogP contribution in [-0.2, 0) is 11.3 Å². The molecular weight excluding hydrogens is 300 g/mol. The van der Waals surface area contributed by atoms with Crippen molar-refractivity contribution in [3.05, 3.63) is 58.6 Å². The molecule has 0 aromatic heterocycles. The van der Waals surface area contributed by atoms with E-state index in [1.54, 1.807) is 25.3 Å². The topological polar surface area (TPSA) is 54.3 Å². The van der Waals surface area contributed by atoms with E-state index in [1.165, 1.54) is 0 Å². The molecule has 0 radical (unpaired) electrons. The van der Waals surface area contributed by atoms with Gasteiger partial charge >= 0.3 is 0 Å². The normalized spacial score (nSPS) is 10.0. The lowest BCUT2D eigenvalue weighted by molar-refractivity contribution is 0.130. The maximum Gasteiger partial charge on any atom is 0.119 e. The SMILES string of the molecule is COc1cccc(COCCNc2c(Cl)cccc2C#N)c1. The summed E-state index contributed by atoms with van der Waals surface area (Å²) in [6.45, 7) is 1.59. The fourth-order valence-electron chi connectivity index (χ4n) is 2.00. The zero-order valence-electron chi connectivity index (χ0n) is 12.3. The van der Waals surface area contributed by atoms with E-state index in [0.717, 1.165) is 11.3 Å². The molecule has 0 amide bonds. The highest BCUT2D eigenvalue weighted by atomic mass is 35.5. The van der Waals surface area contributed by atoms with Gasteiger partial charge in [-0.1, -0.05) is 29.8 Å². The Kier molecular flexibility index (Phi) is 6.08. The number of halogens is 1. The molecule has 2 aromatic rings. The van der Waals surface area contributed by atoms with Gasteiger partial charge in [0.1, 0.15) is 11.8 Å². The Morgan fingerprint density at radius 2 is 2.05 bits per heavy atom. The van der Waals surface area contributed by atoms with Crippen LogP contribution in [0.5, 0.6) is 5.75 Å². The van der Waals surface area contributed by atoms with E-state index >= 15 is 0 Å². The Labute approximate surface area is 135 Å². The van der Waals surface area contributed by atoms with Gasteiger partial charge in [-0.2, -0.15) is 5.26 Å². The van der Waals surface area contributed by atoms with Gasteiger partial charge in [-0.05, 0) is 29.8 Å². The van der Waals surface area contributed by atoms with Crippen molar-refractivity contribution in [2.45, 2.75) is 6.61 Å². The van der Waals surface area contributed by atoms with Gasteiger partial charge in [-0.25, -0.2) is 0 Å². The average Bonchev–Trinajstić information content (AvgIpc) is 2.56. The van der Waals surface area contributed by atoms with E-state index in [0.29, 0.717) is 36.0 Å². The van der Waals surface area contributed by atoms with E-state index in [1.807, 2.05) is 24.3 Å². The van der Waals surface area contributed by atoms with Crippen molar-refractivity contribution in [1.29, 1.82) is 5.26 Å². The molecule has 22 heavy (non-hydrogen) atoms. The second kappa shape index (κ2) is 8.28. The third-order valence-electron chi connectivity index (χ3n) is 3.09. The summed E-state index contributed by atoms with van der Waals surface area (Å²) in [6.07, 6.45) is 0. The van der Waals surface area contributed by atoms with Crippen LogP contribution in [0.4, 0.5) is 5.69 Å². The second-order valence-corrected chi connectivity index (χ2v) is 5.01. The molecule has 4 nitrogen and oxygen atoms in total. The van der Waals surface area contributed by atoms with Crippen molar-refractivity contribution in [3.8, 4) is 11.8 Å². The first-order valence-electron chi connectivity index (χ1n) is 6.87. The van der Waals surface area contributed by atoms with Crippen LogP contribution in [0.3, 0.4) is 0 Å². The van der Waals surface area contributed by atoms with Gasteiger partial charge in [0, 0.05) is 6.54 Å². The van der Waals surface area contributed by atoms with Crippen LogP contribution < -0.4 is 10.1 Å². The van der Waals surface area contributed by atoms with Gasteiger partial charge in [0.05, 0.1) is 36.6 Å². The number of rotatable bonds is 7. The number of anilines is 1. The largest absolute Gasteiger partial charge is 0.497 e. The summed E-state index contributed by atoms with van der Waals surface area (Å²) < 4.78 is 10.8. The zero-order valence-corrected chi connectivity index (χ0v) is 13.1. The number of hydrogen-bond acceptors (Lipinski definition) is 4. The molecule has 0 spiro atoms. The van der Waals surface area contributed by atoms with Crippen molar-refractivity contribution < 1.29 is 9.47 Å². The van der Waals surface area contributed by atoms with Crippen molar-refractivity contribution in [3.63, 3.8) is 0 Å². The van der Waals surface area contributed by atoms with Crippen molar-refractivity contribution >= 4 is 17.3 Å². The number of para-hydroxylation sites is 1. The van der Waals surface area contributed by atoms with E-state index in [-0.39, 0.29) is 0 Å². The molecule has 0 aliphatic carbocycles. The summed E-state index contributed by atoms with van der Waals surface area (Å²) in [4.78, 5) is 0. The summed E-state index contributed by atoms with van der Waals surface area (Å²) in [7, 11) is 1.64. The van der Waals surface area contributed by atoms with Crippen LogP contribution >= 0.6 is 11.6 Å². The fourth-order valence-corrected chi connectivity index (χ4v) is 2.24. The van der Waals surface area contributed by atoms with Crippen molar-refractivity contribution in [2.24, 2.45) is 0 Å². The molecule has 0 unspecified atom stereocenters. The van der Waals surface area contributed by atoms with Crippen LogP contribution in [0.1, 0.15) is 11.1 Å². The number of methoxy groups -OCH3 is 1. The van der Waals surface area contributed by atoms with Gasteiger partial charge in [0.2, 0.25) is 0 Å². The highest BCUT2D eigenvalue weighted by Crippen LogP contribution is 2.25. The summed E-state index contributed by atoms with van der Waals surface area (Å²) in [5.74, 6) is 0.814. The Morgan fingerprint density at radius 3 is 2.82 bits per heavy atom. The Balaban J connectivity index is 1.79. The molecular formula is C17H17ClN2O2. The minimum atomic E-state index is 0.506. The van der Waals surface area contributed by atoms with E-state index in [9.17, 15) is 0 Å². The molecule has 0 bridgehead atoms. The lowest BCUT2D eigenvalue weighted by atomic mass is 10.2. The Bertz CT molecular complexity index is 668. The number of nitrogens with one attached hydrogen (secondary N) is 1. The molecule has 2 aromatic carbocycles. The highest BCUT2D eigenvalue weighted by molar-refractivity contribution is 6.33. The predicted molar refractivity (Wildman–Crippen MR) is 87.3 cm³/mol. The van der Waals surface area contributed by atoms with Gasteiger partial charge in [0.25, 0.3) is 0 Å². The molecule has 5 heteroatoms. The summed E-state index contributed by atoms with van der Waals surface area (Å²) in [6, 6.07) is 15.1. The highest BCUT2D eigenvalue weighted by Gasteiger charge is 2.05. The standard InChI is InChI=1S/C17H17ClN2O2/c1-21-15-6-2-4-13(10-15)12-22-9-8-20-17-14(11-19)5-3-7-16(17)18/h2-7,10,20H,8-9,12H2,1H3. The van der Waals surface area contributed by atoms with Crippen molar-refractivity contribution in [2.75, 3.05) is 25.6 Å². The molecule has 1 N–H and O–H groups in total. The van der Waals surface area contributed by atoms with Crippen LogP contribution in [0.2, 0.25) is 5.02 Å². The molecule has 114 valence electrons. The van der Waals surface area contributed by atoms with Crippen LogP contribution in [0.15, 0.2) is 42.5 Å². The van der Waals surface area contributed by atoms with Crippen LogP contribution in [0.25, 0.3) is 0 Å². The molecule has 0 saturated carbocycles. The minimum absolute atomic E-state index is 0.506. The monoisotopic (exact) mass is 316 g/mol.